The van der Waals surface area contributed by atoms with Gasteiger partial charge in [0.15, 0.2) is 0 Å². The van der Waals surface area contributed by atoms with Crippen molar-refractivity contribution in [3.8, 4) is 5.75 Å². The van der Waals surface area contributed by atoms with Crippen LogP contribution in [0.25, 0.3) is 0 Å². The highest BCUT2D eigenvalue weighted by molar-refractivity contribution is 7.89. The predicted octanol–water partition coefficient (Wildman–Crippen LogP) is 3.39. The molecule has 0 saturated carbocycles. The van der Waals surface area contributed by atoms with Crippen LogP contribution in [-0.4, -0.2) is 31.8 Å². The van der Waals surface area contributed by atoms with Gasteiger partial charge in [-0.3, -0.25) is 4.79 Å². The number of hydrogen-bond acceptors (Lipinski definition) is 4. The highest BCUT2D eigenvalue weighted by Crippen LogP contribution is 2.26. The number of sulfonamides is 1. The zero-order valence-electron chi connectivity index (χ0n) is 15.1. The van der Waals surface area contributed by atoms with Crippen molar-refractivity contribution in [3.05, 3.63) is 59.9 Å². The number of piperidine rings is 1. The number of rotatable bonds is 5. The minimum absolute atomic E-state index is 0.158. The van der Waals surface area contributed by atoms with Crippen molar-refractivity contribution in [2.24, 2.45) is 5.92 Å². The summed E-state index contributed by atoms with van der Waals surface area (Å²) in [5.74, 6) is -1.02. The molecule has 0 bridgehead atoms. The van der Waals surface area contributed by atoms with Gasteiger partial charge in [0.25, 0.3) is 0 Å². The van der Waals surface area contributed by atoms with Crippen molar-refractivity contribution >= 4 is 16.0 Å². The first kappa shape index (κ1) is 19.5. The summed E-state index contributed by atoms with van der Waals surface area (Å²) in [5.41, 5.74) is 1.15. The van der Waals surface area contributed by atoms with E-state index < -0.39 is 15.8 Å². The number of hydrogen-bond donors (Lipinski definition) is 0. The van der Waals surface area contributed by atoms with Crippen LogP contribution in [-0.2, 0) is 21.2 Å². The van der Waals surface area contributed by atoms with Crippen LogP contribution >= 0.6 is 0 Å². The second-order valence-electron chi connectivity index (χ2n) is 6.53. The lowest BCUT2D eigenvalue weighted by Crippen LogP contribution is -2.41. The van der Waals surface area contributed by atoms with E-state index in [9.17, 15) is 17.6 Å². The van der Waals surface area contributed by atoms with Crippen molar-refractivity contribution in [3.63, 3.8) is 0 Å². The second-order valence-corrected chi connectivity index (χ2v) is 8.43. The Hall–Kier alpha value is -2.25. The van der Waals surface area contributed by atoms with Gasteiger partial charge in [-0.25, -0.2) is 12.8 Å². The Bertz CT molecular complexity index is 904. The Balaban J connectivity index is 1.61. The molecule has 0 spiro atoms. The Morgan fingerprint density at radius 2 is 1.74 bits per heavy atom. The zero-order chi connectivity index (χ0) is 19.4. The third-order valence-electron chi connectivity index (χ3n) is 4.79. The van der Waals surface area contributed by atoms with E-state index in [4.69, 9.17) is 4.74 Å². The SMILES string of the molecule is CCc1ccc(OC(=O)C2CCN(S(=O)(=O)c3ccccc3F)CC2)cc1. The van der Waals surface area contributed by atoms with Crippen LogP contribution in [0.1, 0.15) is 25.3 Å². The summed E-state index contributed by atoms with van der Waals surface area (Å²) in [5, 5.41) is 0. The van der Waals surface area contributed by atoms with E-state index >= 15 is 0 Å². The molecule has 0 aliphatic carbocycles. The van der Waals surface area contributed by atoms with E-state index in [2.05, 4.69) is 0 Å². The van der Waals surface area contributed by atoms with Crippen molar-refractivity contribution < 1.29 is 22.3 Å². The minimum atomic E-state index is -3.90. The number of nitrogens with zero attached hydrogens (tertiary/aromatic N) is 1. The van der Waals surface area contributed by atoms with E-state index in [1.807, 2.05) is 19.1 Å². The molecule has 0 aromatic heterocycles. The number of carbonyl (C=O) groups excluding carboxylic acids is 1. The fraction of sp³-hybridized carbons (Fsp3) is 0.350. The van der Waals surface area contributed by atoms with Gasteiger partial charge in [0.1, 0.15) is 16.5 Å². The van der Waals surface area contributed by atoms with Gasteiger partial charge in [0.2, 0.25) is 10.0 Å². The molecule has 0 N–H and O–H groups in total. The average molecular weight is 391 g/mol. The van der Waals surface area contributed by atoms with Crippen LogP contribution in [0.15, 0.2) is 53.4 Å². The molecule has 0 radical (unpaired) electrons. The number of benzene rings is 2. The first-order valence-electron chi connectivity index (χ1n) is 8.97. The molecule has 2 aromatic carbocycles. The van der Waals surface area contributed by atoms with E-state index in [0.717, 1.165) is 18.1 Å². The molecule has 1 saturated heterocycles. The topological polar surface area (TPSA) is 63.7 Å². The van der Waals surface area contributed by atoms with Crippen molar-refractivity contribution in [2.75, 3.05) is 13.1 Å². The van der Waals surface area contributed by atoms with Crippen molar-refractivity contribution in [1.82, 2.24) is 4.31 Å². The Morgan fingerprint density at radius 1 is 1.11 bits per heavy atom. The van der Waals surface area contributed by atoms with Crippen molar-refractivity contribution in [1.29, 1.82) is 0 Å². The first-order valence-corrected chi connectivity index (χ1v) is 10.4. The van der Waals surface area contributed by atoms with E-state index in [1.165, 1.54) is 22.5 Å². The normalized spacial score (nSPS) is 16.2. The molecule has 0 atom stereocenters. The molecular formula is C20H22FNO4S. The molecule has 2 aromatic rings. The number of aryl methyl sites for hydroxylation is 1. The number of halogens is 1. The lowest BCUT2D eigenvalue weighted by Gasteiger charge is -2.30. The molecule has 7 heteroatoms. The van der Waals surface area contributed by atoms with Crippen LogP contribution in [0, 0.1) is 11.7 Å². The van der Waals surface area contributed by atoms with Crippen molar-refractivity contribution in [2.45, 2.75) is 31.1 Å². The largest absolute Gasteiger partial charge is 0.426 e. The molecular weight excluding hydrogens is 369 g/mol. The maximum absolute atomic E-state index is 13.9. The maximum Gasteiger partial charge on any atom is 0.314 e. The quantitative estimate of drug-likeness (QED) is 0.579. The molecule has 1 aliphatic heterocycles. The summed E-state index contributed by atoms with van der Waals surface area (Å²) in [4.78, 5) is 12.0. The standard InChI is InChI=1S/C20H22FNO4S/c1-2-15-7-9-17(10-8-15)26-20(23)16-11-13-22(14-12-16)27(24,25)19-6-4-3-5-18(19)21/h3-10,16H,2,11-14H2,1H3. The van der Waals surface area contributed by atoms with Gasteiger partial charge >= 0.3 is 5.97 Å². The summed E-state index contributed by atoms with van der Waals surface area (Å²) in [6.45, 7) is 2.36. The third kappa shape index (κ3) is 4.36. The van der Waals surface area contributed by atoms with Gasteiger partial charge in [0, 0.05) is 13.1 Å². The summed E-state index contributed by atoms with van der Waals surface area (Å²) in [6.07, 6.45) is 1.60. The lowest BCUT2D eigenvalue weighted by molar-refractivity contribution is -0.140. The minimum Gasteiger partial charge on any atom is -0.426 e. The Labute approximate surface area is 158 Å². The second kappa shape index (κ2) is 8.19. The highest BCUT2D eigenvalue weighted by atomic mass is 32.2. The molecule has 0 amide bonds. The Morgan fingerprint density at radius 3 is 2.33 bits per heavy atom. The predicted molar refractivity (Wildman–Crippen MR) is 99.3 cm³/mol. The highest BCUT2D eigenvalue weighted by Gasteiger charge is 2.34. The number of esters is 1. The molecule has 3 rings (SSSR count). The monoisotopic (exact) mass is 391 g/mol. The molecule has 1 fully saturated rings. The van der Waals surface area contributed by atoms with Crippen LogP contribution in [0.2, 0.25) is 0 Å². The number of ether oxygens (including phenoxy) is 1. The summed E-state index contributed by atoms with van der Waals surface area (Å²) in [6, 6.07) is 12.7. The van der Waals surface area contributed by atoms with Gasteiger partial charge in [0.05, 0.1) is 5.92 Å². The molecule has 1 heterocycles. The van der Waals surface area contributed by atoms with Gasteiger partial charge in [-0.1, -0.05) is 31.2 Å². The number of carbonyl (C=O) groups is 1. The van der Waals surface area contributed by atoms with E-state index in [0.29, 0.717) is 18.6 Å². The summed E-state index contributed by atoms with van der Waals surface area (Å²) >= 11 is 0. The smallest absolute Gasteiger partial charge is 0.314 e. The first-order chi connectivity index (χ1) is 12.9. The van der Waals surface area contributed by atoms with Gasteiger partial charge in [-0.2, -0.15) is 4.31 Å². The van der Waals surface area contributed by atoms with Gasteiger partial charge in [-0.05, 0) is 49.1 Å². The van der Waals surface area contributed by atoms with Crippen LogP contribution < -0.4 is 4.74 Å². The average Bonchev–Trinajstić information content (AvgIpc) is 2.69. The maximum atomic E-state index is 13.9. The fourth-order valence-corrected chi connectivity index (χ4v) is 4.65. The molecule has 0 unspecified atom stereocenters. The molecule has 1 aliphatic rings. The zero-order valence-corrected chi connectivity index (χ0v) is 15.9. The molecule has 5 nitrogen and oxygen atoms in total. The van der Waals surface area contributed by atoms with E-state index in [1.54, 1.807) is 12.1 Å². The van der Waals surface area contributed by atoms with Crippen LogP contribution in [0.3, 0.4) is 0 Å². The fourth-order valence-electron chi connectivity index (χ4n) is 3.12. The Kier molecular flexibility index (Phi) is 5.92. The third-order valence-corrected chi connectivity index (χ3v) is 6.72. The van der Waals surface area contributed by atoms with Crippen LogP contribution in [0.5, 0.6) is 5.75 Å². The lowest BCUT2D eigenvalue weighted by atomic mass is 9.98. The molecule has 144 valence electrons. The molecule has 27 heavy (non-hydrogen) atoms. The summed E-state index contributed by atoms with van der Waals surface area (Å²) < 4.78 is 45.7. The van der Waals surface area contributed by atoms with Gasteiger partial charge < -0.3 is 4.74 Å². The van der Waals surface area contributed by atoms with E-state index in [-0.39, 0.29) is 29.9 Å². The summed E-state index contributed by atoms with van der Waals surface area (Å²) in [7, 11) is -3.90. The van der Waals surface area contributed by atoms with Crippen LogP contribution in [0.4, 0.5) is 4.39 Å². The van der Waals surface area contributed by atoms with Gasteiger partial charge in [-0.15, -0.1) is 0 Å².